The molecular weight excluding hydrogens is 272 g/mol. The van der Waals surface area contributed by atoms with Crippen molar-refractivity contribution in [2.24, 2.45) is 0 Å². The van der Waals surface area contributed by atoms with E-state index in [9.17, 15) is 0 Å². The predicted octanol–water partition coefficient (Wildman–Crippen LogP) is 1.39. The Morgan fingerprint density at radius 3 is 2.86 bits per heavy atom. The van der Waals surface area contributed by atoms with Crippen LogP contribution in [0, 0.1) is 13.8 Å². The van der Waals surface area contributed by atoms with Crippen LogP contribution in [0.2, 0.25) is 0 Å². The van der Waals surface area contributed by atoms with E-state index in [2.05, 4.69) is 15.0 Å². The van der Waals surface area contributed by atoms with E-state index in [-0.39, 0.29) is 18.4 Å². The third-order valence-corrected chi connectivity index (χ3v) is 3.89. The lowest BCUT2D eigenvalue weighted by Gasteiger charge is -2.20. The first-order chi connectivity index (χ1) is 10.2. The number of hydrogen-bond donors (Lipinski definition) is 0. The minimum atomic E-state index is -0.241. The fraction of sp³-hybridized carbons (Fsp3) is 0.643. The molecule has 2 aromatic heterocycles. The van der Waals surface area contributed by atoms with E-state index in [0.29, 0.717) is 6.61 Å². The van der Waals surface area contributed by atoms with Gasteiger partial charge in [0.2, 0.25) is 0 Å². The molecular formula is C14H20N4O3. The standard InChI is InChI=1S/C14H20N4O3/c1-8-12-13(16-7-15-8)18(9(2)17-12)14-11(20-4)5-10(21-14)6-19-3/h7,10-11,14H,5-6H2,1-4H3/t10-,11-,14+/m0/s1. The van der Waals surface area contributed by atoms with E-state index in [1.807, 2.05) is 18.4 Å². The van der Waals surface area contributed by atoms with Crippen molar-refractivity contribution in [2.45, 2.75) is 38.7 Å². The number of fused-ring (bicyclic) bond motifs is 1. The van der Waals surface area contributed by atoms with Crippen molar-refractivity contribution in [2.75, 3.05) is 20.8 Å². The molecule has 3 atom stereocenters. The lowest BCUT2D eigenvalue weighted by atomic mass is 10.2. The van der Waals surface area contributed by atoms with Crippen LogP contribution in [0.3, 0.4) is 0 Å². The topological polar surface area (TPSA) is 71.3 Å². The van der Waals surface area contributed by atoms with Gasteiger partial charge in [-0.2, -0.15) is 0 Å². The smallest absolute Gasteiger partial charge is 0.165 e. The molecule has 7 nitrogen and oxygen atoms in total. The summed E-state index contributed by atoms with van der Waals surface area (Å²) in [7, 11) is 3.37. The highest BCUT2D eigenvalue weighted by molar-refractivity contribution is 5.73. The molecule has 0 amide bonds. The molecule has 0 saturated carbocycles. The average molecular weight is 292 g/mol. The first-order valence-corrected chi connectivity index (χ1v) is 6.99. The zero-order valence-corrected chi connectivity index (χ0v) is 12.7. The lowest BCUT2D eigenvalue weighted by Crippen LogP contribution is -2.23. The first-order valence-electron chi connectivity index (χ1n) is 6.99. The van der Waals surface area contributed by atoms with Crippen LogP contribution in [0.5, 0.6) is 0 Å². The molecule has 0 unspecified atom stereocenters. The number of imidazole rings is 1. The molecule has 114 valence electrons. The van der Waals surface area contributed by atoms with Gasteiger partial charge in [-0.25, -0.2) is 15.0 Å². The Morgan fingerprint density at radius 1 is 1.33 bits per heavy atom. The second-order valence-electron chi connectivity index (χ2n) is 5.27. The SMILES string of the molecule is COC[C@@H]1C[C@H](OC)[C@H](n2c(C)nc3c(C)ncnc32)O1. The number of rotatable bonds is 4. The highest BCUT2D eigenvalue weighted by Gasteiger charge is 2.38. The van der Waals surface area contributed by atoms with Crippen molar-refractivity contribution in [1.82, 2.24) is 19.5 Å². The maximum Gasteiger partial charge on any atom is 0.165 e. The van der Waals surface area contributed by atoms with Gasteiger partial charge in [0.1, 0.15) is 23.8 Å². The van der Waals surface area contributed by atoms with Crippen molar-refractivity contribution in [3.05, 3.63) is 17.8 Å². The van der Waals surface area contributed by atoms with Crippen LogP contribution in [0.1, 0.15) is 24.2 Å². The van der Waals surface area contributed by atoms with E-state index >= 15 is 0 Å². The van der Waals surface area contributed by atoms with Crippen LogP contribution in [0.15, 0.2) is 6.33 Å². The van der Waals surface area contributed by atoms with Gasteiger partial charge in [-0.1, -0.05) is 0 Å². The van der Waals surface area contributed by atoms with Crippen molar-refractivity contribution in [3.63, 3.8) is 0 Å². The van der Waals surface area contributed by atoms with Crippen LogP contribution in [-0.2, 0) is 14.2 Å². The molecule has 1 fully saturated rings. The summed E-state index contributed by atoms with van der Waals surface area (Å²) >= 11 is 0. The summed E-state index contributed by atoms with van der Waals surface area (Å²) in [5.74, 6) is 0.846. The second kappa shape index (κ2) is 5.67. The Morgan fingerprint density at radius 2 is 2.14 bits per heavy atom. The molecule has 0 radical (unpaired) electrons. The number of aryl methyl sites for hydroxylation is 2. The van der Waals surface area contributed by atoms with Gasteiger partial charge in [0.05, 0.1) is 18.4 Å². The maximum absolute atomic E-state index is 6.09. The average Bonchev–Trinajstić information content (AvgIpc) is 3.00. The number of nitrogens with zero attached hydrogens (tertiary/aromatic N) is 4. The molecule has 3 heterocycles. The minimum absolute atomic E-state index is 0.0183. The lowest BCUT2D eigenvalue weighted by molar-refractivity contribution is -0.0634. The summed E-state index contributed by atoms with van der Waals surface area (Å²) in [6.45, 7) is 4.43. The Balaban J connectivity index is 2.03. The van der Waals surface area contributed by atoms with Crippen molar-refractivity contribution in [3.8, 4) is 0 Å². The summed E-state index contributed by atoms with van der Waals surface area (Å²) in [5, 5.41) is 0. The number of hydrogen-bond acceptors (Lipinski definition) is 6. The third-order valence-electron chi connectivity index (χ3n) is 3.89. The number of ether oxygens (including phenoxy) is 3. The van der Waals surface area contributed by atoms with Gasteiger partial charge in [0.15, 0.2) is 11.9 Å². The van der Waals surface area contributed by atoms with Gasteiger partial charge in [0, 0.05) is 20.6 Å². The van der Waals surface area contributed by atoms with Crippen LogP contribution >= 0.6 is 0 Å². The summed E-state index contributed by atoms with van der Waals surface area (Å²) in [6.07, 6.45) is 2.08. The highest BCUT2D eigenvalue weighted by atomic mass is 16.6. The summed E-state index contributed by atoms with van der Waals surface area (Å²) < 4.78 is 18.9. The molecule has 7 heteroatoms. The molecule has 0 aromatic carbocycles. The van der Waals surface area contributed by atoms with Crippen LogP contribution in [0.4, 0.5) is 0 Å². The van der Waals surface area contributed by atoms with Crippen molar-refractivity contribution < 1.29 is 14.2 Å². The summed E-state index contributed by atoms with van der Waals surface area (Å²) in [5.41, 5.74) is 2.45. The Labute approximate surface area is 123 Å². The third kappa shape index (κ3) is 2.41. The minimum Gasteiger partial charge on any atom is -0.382 e. The van der Waals surface area contributed by atoms with E-state index in [0.717, 1.165) is 29.1 Å². The molecule has 21 heavy (non-hydrogen) atoms. The Hall–Kier alpha value is -1.57. The molecule has 3 rings (SSSR count). The molecule has 1 aliphatic rings. The normalized spacial score (nSPS) is 25.8. The molecule has 0 spiro atoms. The zero-order chi connectivity index (χ0) is 15.0. The molecule has 2 aromatic rings. The van der Waals surface area contributed by atoms with Gasteiger partial charge in [-0.3, -0.25) is 4.57 Å². The fourth-order valence-electron chi connectivity index (χ4n) is 2.88. The van der Waals surface area contributed by atoms with E-state index in [1.54, 1.807) is 20.5 Å². The van der Waals surface area contributed by atoms with E-state index in [4.69, 9.17) is 14.2 Å². The zero-order valence-electron chi connectivity index (χ0n) is 12.7. The molecule has 0 N–H and O–H groups in total. The van der Waals surface area contributed by atoms with Gasteiger partial charge in [0.25, 0.3) is 0 Å². The quantitative estimate of drug-likeness (QED) is 0.848. The first kappa shape index (κ1) is 14.4. The van der Waals surface area contributed by atoms with Crippen molar-refractivity contribution >= 4 is 11.2 Å². The van der Waals surface area contributed by atoms with Gasteiger partial charge in [-0.05, 0) is 13.8 Å². The molecule has 0 aliphatic carbocycles. The molecule has 1 aliphatic heterocycles. The van der Waals surface area contributed by atoms with Gasteiger partial charge >= 0.3 is 0 Å². The van der Waals surface area contributed by atoms with Crippen molar-refractivity contribution in [1.29, 1.82) is 0 Å². The van der Waals surface area contributed by atoms with E-state index < -0.39 is 0 Å². The summed E-state index contributed by atoms with van der Waals surface area (Å²) in [6, 6.07) is 0. The largest absolute Gasteiger partial charge is 0.382 e. The predicted molar refractivity (Wildman–Crippen MR) is 76.0 cm³/mol. The molecule has 0 bridgehead atoms. The molecule has 1 saturated heterocycles. The van der Waals surface area contributed by atoms with Gasteiger partial charge < -0.3 is 14.2 Å². The number of methoxy groups -OCH3 is 2. The maximum atomic E-state index is 6.09. The van der Waals surface area contributed by atoms with E-state index in [1.165, 1.54) is 0 Å². The fourth-order valence-corrected chi connectivity index (χ4v) is 2.88. The second-order valence-corrected chi connectivity index (χ2v) is 5.27. The Kier molecular flexibility index (Phi) is 3.88. The van der Waals surface area contributed by atoms with Gasteiger partial charge in [-0.15, -0.1) is 0 Å². The van der Waals surface area contributed by atoms with Crippen LogP contribution < -0.4 is 0 Å². The summed E-state index contributed by atoms with van der Waals surface area (Å²) in [4.78, 5) is 13.1. The highest BCUT2D eigenvalue weighted by Crippen LogP contribution is 2.34. The Bertz CT molecular complexity index is 642. The van der Waals surface area contributed by atoms with Crippen LogP contribution in [-0.4, -0.2) is 52.6 Å². The van der Waals surface area contributed by atoms with Crippen LogP contribution in [0.25, 0.3) is 11.2 Å². The monoisotopic (exact) mass is 292 g/mol. The number of aromatic nitrogens is 4.